The molecule has 2 aromatic rings. The van der Waals surface area contributed by atoms with Gasteiger partial charge in [0.25, 0.3) is 5.91 Å². The van der Waals surface area contributed by atoms with Crippen LogP contribution in [0.25, 0.3) is 0 Å². The van der Waals surface area contributed by atoms with Gasteiger partial charge < -0.3 is 5.32 Å². The molecule has 3 heteroatoms. The highest BCUT2D eigenvalue weighted by Gasteiger charge is 2.12. The molecule has 2 nitrogen and oxygen atoms in total. The number of thiophene rings is 1. The Morgan fingerprint density at radius 3 is 2.71 bits per heavy atom. The largest absolute Gasteiger partial charge is 0.321 e. The van der Waals surface area contributed by atoms with Crippen LogP contribution in [0.2, 0.25) is 0 Å². The molecule has 1 heterocycles. The average Bonchev–Trinajstić information content (AvgIpc) is 2.81. The first-order chi connectivity index (χ1) is 10.0. The van der Waals surface area contributed by atoms with Gasteiger partial charge in [-0.2, -0.15) is 0 Å². The van der Waals surface area contributed by atoms with Crippen LogP contribution in [0.4, 0.5) is 5.69 Å². The van der Waals surface area contributed by atoms with Crippen molar-refractivity contribution in [1.29, 1.82) is 0 Å². The Balaban J connectivity index is 2.14. The average molecular weight is 301 g/mol. The molecule has 1 aromatic carbocycles. The second-order valence-electron chi connectivity index (χ2n) is 5.68. The molecule has 0 unspecified atom stereocenters. The van der Waals surface area contributed by atoms with E-state index in [4.69, 9.17) is 0 Å². The van der Waals surface area contributed by atoms with Gasteiger partial charge in [-0.05, 0) is 48.6 Å². The monoisotopic (exact) mass is 301 g/mol. The third kappa shape index (κ3) is 3.94. The lowest BCUT2D eigenvalue weighted by atomic mass is 10.0. The molecule has 0 bridgehead atoms. The predicted octanol–water partition coefficient (Wildman–Crippen LogP) is 5.38. The van der Waals surface area contributed by atoms with Crippen molar-refractivity contribution in [2.24, 2.45) is 0 Å². The van der Waals surface area contributed by atoms with E-state index in [2.05, 4.69) is 45.1 Å². The van der Waals surface area contributed by atoms with Crippen molar-refractivity contribution in [3.63, 3.8) is 0 Å². The van der Waals surface area contributed by atoms with Gasteiger partial charge in [-0.25, -0.2) is 0 Å². The summed E-state index contributed by atoms with van der Waals surface area (Å²) in [5, 5.41) is 3.01. The Morgan fingerprint density at radius 2 is 2.05 bits per heavy atom. The number of hydrogen-bond donors (Lipinski definition) is 1. The quantitative estimate of drug-likeness (QED) is 0.788. The predicted molar refractivity (Wildman–Crippen MR) is 91.5 cm³/mol. The molecule has 21 heavy (non-hydrogen) atoms. The Morgan fingerprint density at radius 1 is 1.29 bits per heavy atom. The van der Waals surface area contributed by atoms with Crippen LogP contribution in [0.1, 0.15) is 58.8 Å². The molecule has 0 fully saturated rings. The third-order valence-corrected chi connectivity index (χ3v) is 4.67. The van der Waals surface area contributed by atoms with Crippen LogP contribution in [0.3, 0.4) is 0 Å². The fourth-order valence-corrected chi connectivity index (χ4v) is 3.28. The number of carbonyl (C=O) groups is 1. The normalized spacial score (nSPS) is 10.9. The van der Waals surface area contributed by atoms with Gasteiger partial charge in [0.15, 0.2) is 0 Å². The Labute approximate surface area is 131 Å². The molecule has 0 aliphatic carbocycles. The van der Waals surface area contributed by atoms with Crippen molar-refractivity contribution in [3.05, 3.63) is 51.2 Å². The zero-order valence-electron chi connectivity index (χ0n) is 13.2. The van der Waals surface area contributed by atoms with Crippen molar-refractivity contribution in [2.45, 2.75) is 46.5 Å². The summed E-state index contributed by atoms with van der Waals surface area (Å²) in [6, 6.07) is 10.1. The fraction of sp³-hybridized carbons (Fsp3) is 0.389. The zero-order valence-corrected chi connectivity index (χ0v) is 14.0. The number of aryl methyl sites for hydroxylation is 2. The number of benzene rings is 1. The summed E-state index contributed by atoms with van der Waals surface area (Å²) >= 11 is 1.58. The lowest BCUT2D eigenvalue weighted by Crippen LogP contribution is -2.10. The van der Waals surface area contributed by atoms with Crippen LogP contribution in [-0.4, -0.2) is 5.91 Å². The molecule has 2 rings (SSSR count). The summed E-state index contributed by atoms with van der Waals surface area (Å²) in [4.78, 5) is 14.4. The van der Waals surface area contributed by atoms with E-state index in [1.807, 2.05) is 18.2 Å². The van der Waals surface area contributed by atoms with Gasteiger partial charge in [0, 0.05) is 10.6 Å². The van der Waals surface area contributed by atoms with Crippen LogP contribution >= 0.6 is 11.3 Å². The van der Waals surface area contributed by atoms with Crippen molar-refractivity contribution in [2.75, 3.05) is 5.32 Å². The number of rotatable bonds is 5. The summed E-state index contributed by atoms with van der Waals surface area (Å²) in [5.41, 5.74) is 3.40. The number of anilines is 1. The molecule has 1 amide bonds. The molecule has 0 atom stereocenters. The fourth-order valence-electron chi connectivity index (χ4n) is 2.32. The van der Waals surface area contributed by atoms with Crippen LogP contribution in [0.5, 0.6) is 0 Å². The molecule has 0 aliphatic heterocycles. The van der Waals surface area contributed by atoms with Crippen molar-refractivity contribution in [3.8, 4) is 0 Å². The van der Waals surface area contributed by atoms with E-state index >= 15 is 0 Å². The highest BCUT2D eigenvalue weighted by molar-refractivity contribution is 7.14. The van der Waals surface area contributed by atoms with Crippen molar-refractivity contribution in [1.82, 2.24) is 0 Å². The van der Waals surface area contributed by atoms with E-state index in [1.54, 1.807) is 11.3 Å². The summed E-state index contributed by atoms with van der Waals surface area (Å²) in [5.74, 6) is 0.452. The second kappa shape index (κ2) is 6.90. The number of amides is 1. The van der Waals surface area contributed by atoms with E-state index in [1.165, 1.54) is 16.0 Å². The van der Waals surface area contributed by atoms with Crippen LogP contribution < -0.4 is 5.32 Å². The minimum absolute atomic E-state index is 0.00800. The van der Waals surface area contributed by atoms with Crippen molar-refractivity contribution >= 4 is 22.9 Å². The van der Waals surface area contributed by atoms with Crippen molar-refractivity contribution < 1.29 is 4.79 Å². The van der Waals surface area contributed by atoms with E-state index in [9.17, 15) is 4.79 Å². The lowest BCUT2D eigenvalue weighted by Gasteiger charge is -2.08. The van der Waals surface area contributed by atoms with Crippen LogP contribution in [0, 0.1) is 6.92 Å². The summed E-state index contributed by atoms with van der Waals surface area (Å²) in [6.07, 6.45) is 2.15. The minimum atomic E-state index is -0.00800. The summed E-state index contributed by atoms with van der Waals surface area (Å²) in [6.45, 7) is 8.56. The first kappa shape index (κ1) is 15.8. The first-order valence-corrected chi connectivity index (χ1v) is 8.33. The van der Waals surface area contributed by atoms with E-state index in [-0.39, 0.29) is 5.91 Å². The Kier molecular flexibility index (Phi) is 5.18. The van der Waals surface area contributed by atoms with Gasteiger partial charge in [-0.3, -0.25) is 4.79 Å². The molecule has 0 radical (unpaired) electrons. The smallest absolute Gasteiger partial charge is 0.265 e. The Bertz CT molecular complexity index is 628. The highest BCUT2D eigenvalue weighted by atomic mass is 32.1. The topological polar surface area (TPSA) is 29.1 Å². The van der Waals surface area contributed by atoms with Crippen LogP contribution in [-0.2, 0) is 6.42 Å². The van der Waals surface area contributed by atoms with Gasteiger partial charge in [0.05, 0.1) is 4.88 Å². The zero-order chi connectivity index (χ0) is 15.4. The van der Waals surface area contributed by atoms with Gasteiger partial charge in [0.2, 0.25) is 0 Å². The highest BCUT2D eigenvalue weighted by Crippen LogP contribution is 2.24. The lowest BCUT2D eigenvalue weighted by molar-refractivity contribution is 0.103. The molecule has 0 saturated carbocycles. The molecule has 0 aliphatic rings. The maximum absolute atomic E-state index is 12.4. The van der Waals surface area contributed by atoms with Gasteiger partial charge in [-0.15, -0.1) is 11.3 Å². The standard InChI is InChI=1S/C18H23NOS/c1-5-7-15-11-17(21-13(15)4)18(20)19-16-9-6-8-14(10-16)12(2)3/h6,8-12H,5,7H2,1-4H3,(H,19,20). The molecular formula is C18H23NOS. The molecule has 1 aromatic heterocycles. The molecule has 0 saturated heterocycles. The Hall–Kier alpha value is -1.61. The molecule has 0 spiro atoms. The van der Waals surface area contributed by atoms with E-state index in [0.29, 0.717) is 5.92 Å². The SMILES string of the molecule is CCCc1cc(C(=O)Nc2cccc(C(C)C)c2)sc1C. The number of nitrogens with one attached hydrogen (secondary N) is 1. The van der Waals surface area contributed by atoms with E-state index in [0.717, 1.165) is 23.4 Å². The minimum Gasteiger partial charge on any atom is -0.321 e. The maximum Gasteiger partial charge on any atom is 0.265 e. The van der Waals surface area contributed by atoms with Gasteiger partial charge in [0.1, 0.15) is 0 Å². The summed E-state index contributed by atoms with van der Waals surface area (Å²) in [7, 11) is 0. The van der Waals surface area contributed by atoms with E-state index < -0.39 is 0 Å². The summed E-state index contributed by atoms with van der Waals surface area (Å²) < 4.78 is 0. The molecular weight excluding hydrogens is 278 g/mol. The second-order valence-corrected chi connectivity index (χ2v) is 6.93. The number of hydrogen-bond acceptors (Lipinski definition) is 2. The maximum atomic E-state index is 12.4. The molecule has 1 N–H and O–H groups in total. The first-order valence-electron chi connectivity index (χ1n) is 7.52. The van der Waals surface area contributed by atoms with Gasteiger partial charge in [-0.1, -0.05) is 39.3 Å². The molecule has 112 valence electrons. The van der Waals surface area contributed by atoms with Gasteiger partial charge >= 0.3 is 0 Å². The third-order valence-electron chi connectivity index (χ3n) is 3.57. The number of carbonyl (C=O) groups excluding carboxylic acids is 1. The van der Waals surface area contributed by atoms with Crippen LogP contribution in [0.15, 0.2) is 30.3 Å².